The summed E-state index contributed by atoms with van der Waals surface area (Å²) in [6.45, 7) is 1.41. The van der Waals surface area contributed by atoms with Gasteiger partial charge in [0.1, 0.15) is 12.7 Å². The van der Waals surface area contributed by atoms with Crippen LogP contribution in [0.1, 0.15) is 6.92 Å². The van der Waals surface area contributed by atoms with Crippen LogP contribution < -0.4 is 15.2 Å². The lowest BCUT2D eigenvalue weighted by atomic mass is 10.3. The standard InChI is InChI=1S/C12H19NO5S/c1-3-19(15,16)8-10(14)7-18-11-5-4-9(13)6-12(11)17-2/h4-6,10,14H,3,7-8,13H2,1-2H3. The van der Waals surface area contributed by atoms with Crippen LogP contribution in [0.15, 0.2) is 18.2 Å². The van der Waals surface area contributed by atoms with Gasteiger partial charge in [0.05, 0.1) is 12.9 Å². The van der Waals surface area contributed by atoms with Crippen molar-refractivity contribution in [3.8, 4) is 11.5 Å². The summed E-state index contributed by atoms with van der Waals surface area (Å²) in [5.41, 5.74) is 6.12. The summed E-state index contributed by atoms with van der Waals surface area (Å²) >= 11 is 0. The predicted octanol–water partition coefficient (Wildman–Crippen LogP) is 0.452. The molecule has 0 aliphatic rings. The monoisotopic (exact) mass is 289 g/mol. The van der Waals surface area contributed by atoms with Crippen molar-refractivity contribution in [1.82, 2.24) is 0 Å². The van der Waals surface area contributed by atoms with Crippen LogP contribution >= 0.6 is 0 Å². The molecule has 0 heterocycles. The van der Waals surface area contributed by atoms with Crippen molar-refractivity contribution in [2.75, 3.05) is 31.0 Å². The molecule has 0 amide bonds. The predicted molar refractivity (Wildman–Crippen MR) is 73.2 cm³/mol. The van der Waals surface area contributed by atoms with Crippen molar-refractivity contribution in [2.45, 2.75) is 13.0 Å². The molecular weight excluding hydrogens is 270 g/mol. The number of methoxy groups -OCH3 is 1. The number of anilines is 1. The third-order valence-corrected chi connectivity index (χ3v) is 4.28. The van der Waals surface area contributed by atoms with Crippen LogP contribution in [0.2, 0.25) is 0 Å². The third kappa shape index (κ3) is 4.96. The minimum atomic E-state index is -3.23. The van der Waals surface area contributed by atoms with Gasteiger partial charge in [-0.15, -0.1) is 0 Å². The number of sulfone groups is 1. The van der Waals surface area contributed by atoms with E-state index in [2.05, 4.69) is 0 Å². The van der Waals surface area contributed by atoms with Crippen LogP contribution in [0, 0.1) is 0 Å². The Bertz CT molecular complexity index is 515. The summed E-state index contributed by atoms with van der Waals surface area (Å²) < 4.78 is 33.1. The molecule has 1 aromatic carbocycles. The highest BCUT2D eigenvalue weighted by atomic mass is 32.2. The molecule has 0 aliphatic carbocycles. The van der Waals surface area contributed by atoms with E-state index >= 15 is 0 Å². The minimum Gasteiger partial charge on any atom is -0.493 e. The van der Waals surface area contributed by atoms with Crippen molar-refractivity contribution in [3.63, 3.8) is 0 Å². The number of benzene rings is 1. The van der Waals surface area contributed by atoms with Crippen molar-refractivity contribution in [1.29, 1.82) is 0 Å². The van der Waals surface area contributed by atoms with E-state index in [-0.39, 0.29) is 18.1 Å². The van der Waals surface area contributed by atoms with Gasteiger partial charge >= 0.3 is 0 Å². The third-order valence-electron chi connectivity index (χ3n) is 2.51. The Hall–Kier alpha value is -1.47. The number of rotatable bonds is 7. The summed E-state index contributed by atoms with van der Waals surface area (Å²) in [4.78, 5) is 0. The van der Waals surface area contributed by atoms with Crippen LogP contribution in [-0.2, 0) is 9.84 Å². The summed E-state index contributed by atoms with van der Waals surface area (Å²) in [6.07, 6.45) is -1.08. The molecule has 0 aliphatic heterocycles. The van der Waals surface area contributed by atoms with Gasteiger partial charge in [-0.1, -0.05) is 6.92 Å². The Balaban J connectivity index is 2.62. The number of hydrogen-bond donors (Lipinski definition) is 2. The Morgan fingerprint density at radius 1 is 1.37 bits per heavy atom. The van der Waals surface area contributed by atoms with Gasteiger partial charge in [0.25, 0.3) is 0 Å². The largest absolute Gasteiger partial charge is 0.493 e. The average Bonchev–Trinajstić information content (AvgIpc) is 2.36. The molecule has 108 valence electrons. The van der Waals surface area contributed by atoms with E-state index in [1.165, 1.54) is 14.0 Å². The first-order valence-corrected chi connectivity index (χ1v) is 7.65. The van der Waals surface area contributed by atoms with E-state index < -0.39 is 15.9 Å². The first kappa shape index (κ1) is 15.6. The molecule has 0 radical (unpaired) electrons. The SMILES string of the molecule is CCS(=O)(=O)CC(O)COc1ccc(N)cc1OC. The van der Waals surface area contributed by atoms with Crippen LogP contribution in [0.3, 0.4) is 0 Å². The summed E-state index contributed by atoms with van der Waals surface area (Å²) in [5, 5.41) is 9.63. The second kappa shape index (κ2) is 6.63. The molecule has 0 aromatic heterocycles. The van der Waals surface area contributed by atoms with Crippen LogP contribution in [0.4, 0.5) is 5.69 Å². The minimum absolute atomic E-state index is 0.00471. The normalized spacial score (nSPS) is 13.0. The van der Waals surface area contributed by atoms with E-state index in [9.17, 15) is 13.5 Å². The molecule has 19 heavy (non-hydrogen) atoms. The van der Waals surface area contributed by atoms with Crippen LogP contribution in [0.5, 0.6) is 11.5 Å². The van der Waals surface area contributed by atoms with Crippen LogP contribution in [-0.4, -0.2) is 44.9 Å². The molecule has 6 nitrogen and oxygen atoms in total. The van der Waals surface area contributed by atoms with E-state index in [4.69, 9.17) is 15.2 Å². The smallest absolute Gasteiger partial charge is 0.162 e. The molecule has 0 fully saturated rings. The quantitative estimate of drug-likeness (QED) is 0.707. The van der Waals surface area contributed by atoms with Crippen molar-refractivity contribution in [3.05, 3.63) is 18.2 Å². The van der Waals surface area contributed by atoms with Gasteiger partial charge < -0.3 is 20.3 Å². The number of aliphatic hydroxyl groups excluding tert-OH is 1. The summed E-state index contributed by atoms with van der Waals surface area (Å²) in [7, 11) is -1.75. The fraction of sp³-hybridized carbons (Fsp3) is 0.500. The zero-order valence-corrected chi connectivity index (χ0v) is 11.8. The second-order valence-electron chi connectivity index (χ2n) is 4.07. The maximum Gasteiger partial charge on any atom is 0.162 e. The maximum absolute atomic E-state index is 11.3. The highest BCUT2D eigenvalue weighted by Crippen LogP contribution is 2.29. The first-order valence-electron chi connectivity index (χ1n) is 5.82. The van der Waals surface area contributed by atoms with Crippen molar-refractivity contribution >= 4 is 15.5 Å². The first-order chi connectivity index (χ1) is 8.88. The molecule has 1 aromatic rings. The molecule has 0 saturated heterocycles. The number of hydrogen-bond acceptors (Lipinski definition) is 6. The Kier molecular flexibility index (Phi) is 5.44. The fourth-order valence-corrected chi connectivity index (χ4v) is 2.37. The van der Waals surface area contributed by atoms with E-state index in [1.54, 1.807) is 18.2 Å². The molecule has 0 saturated carbocycles. The Labute approximate surface area is 113 Å². The van der Waals surface area contributed by atoms with Gasteiger partial charge in [0.15, 0.2) is 21.3 Å². The average molecular weight is 289 g/mol. The van der Waals surface area contributed by atoms with Crippen molar-refractivity contribution < 1.29 is 23.0 Å². The summed E-state index contributed by atoms with van der Waals surface area (Å²) in [5.74, 6) is 0.519. The molecule has 3 N–H and O–H groups in total. The highest BCUT2D eigenvalue weighted by molar-refractivity contribution is 7.91. The zero-order chi connectivity index (χ0) is 14.5. The molecule has 0 spiro atoms. The lowest BCUT2D eigenvalue weighted by Crippen LogP contribution is -2.28. The summed E-state index contributed by atoms with van der Waals surface area (Å²) in [6, 6.07) is 4.83. The molecule has 1 atom stereocenters. The molecule has 7 heteroatoms. The van der Waals surface area contributed by atoms with Gasteiger partial charge in [-0.25, -0.2) is 8.42 Å². The lowest BCUT2D eigenvalue weighted by molar-refractivity contribution is 0.123. The zero-order valence-electron chi connectivity index (χ0n) is 11.0. The van der Waals surface area contributed by atoms with Crippen molar-refractivity contribution in [2.24, 2.45) is 0 Å². The second-order valence-corrected chi connectivity index (χ2v) is 6.47. The highest BCUT2D eigenvalue weighted by Gasteiger charge is 2.16. The van der Waals surface area contributed by atoms with E-state index in [1.807, 2.05) is 0 Å². The molecular formula is C12H19NO5S. The fourth-order valence-electron chi connectivity index (χ4n) is 1.45. The van der Waals surface area contributed by atoms with Gasteiger partial charge in [-0.2, -0.15) is 0 Å². The topological polar surface area (TPSA) is 98.9 Å². The number of nitrogens with two attached hydrogens (primary N) is 1. The van der Waals surface area contributed by atoms with Gasteiger partial charge in [-0.3, -0.25) is 0 Å². The molecule has 1 unspecified atom stereocenters. The van der Waals surface area contributed by atoms with Gasteiger partial charge in [0.2, 0.25) is 0 Å². The van der Waals surface area contributed by atoms with Gasteiger partial charge in [-0.05, 0) is 12.1 Å². The Morgan fingerprint density at radius 2 is 2.05 bits per heavy atom. The van der Waals surface area contributed by atoms with Crippen LogP contribution in [0.25, 0.3) is 0 Å². The number of ether oxygens (including phenoxy) is 2. The Morgan fingerprint density at radius 3 is 2.63 bits per heavy atom. The molecule has 0 bridgehead atoms. The van der Waals surface area contributed by atoms with E-state index in [0.717, 1.165) is 0 Å². The maximum atomic E-state index is 11.3. The van der Waals surface area contributed by atoms with E-state index in [0.29, 0.717) is 17.2 Å². The number of aliphatic hydroxyl groups is 1. The number of nitrogen functional groups attached to an aromatic ring is 1. The lowest BCUT2D eigenvalue weighted by Gasteiger charge is -2.14. The molecule has 1 rings (SSSR count). The van der Waals surface area contributed by atoms with Gasteiger partial charge in [0, 0.05) is 17.5 Å².